The van der Waals surface area contributed by atoms with Crippen LogP contribution in [0.4, 0.5) is 5.82 Å². The van der Waals surface area contributed by atoms with Gasteiger partial charge in [-0.3, -0.25) is 0 Å². The van der Waals surface area contributed by atoms with Gasteiger partial charge in [0.1, 0.15) is 5.82 Å². The second-order valence-electron chi connectivity index (χ2n) is 8.11. The van der Waals surface area contributed by atoms with E-state index in [1.807, 2.05) is 30.3 Å². The van der Waals surface area contributed by atoms with Crippen molar-refractivity contribution in [1.82, 2.24) is 9.97 Å². The number of benzene rings is 3. The molecular weight excluding hydrogens is 425 g/mol. The standard InChI is InChI=1S/C26H23Cl2N3/c27-22-11-6-10-21(24(22)28)25-29-23-12-5-4-9-20(23)26(30-25)31-15-13-19(14-16-31)17-18-7-2-1-3-8-18/h1-12,19H,13-17H2. The van der Waals surface area contributed by atoms with Crippen molar-refractivity contribution in [3.8, 4) is 11.4 Å². The minimum atomic E-state index is 0.493. The van der Waals surface area contributed by atoms with E-state index in [9.17, 15) is 0 Å². The van der Waals surface area contributed by atoms with Gasteiger partial charge in [-0.15, -0.1) is 0 Å². The SMILES string of the molecule is Clc1cccc(-c2nc(N3CCC(Cc4ccccc4)CC3)c3ccccc3n2)c1Cl. The normalized spacial score (nSPS) is 14.8. The Kier molecular flexibility index (Phi) is 5.80. The van der Waals surface area contributed by atoms with E-state index in [1.54, 1.807) is 6.07 Å². The molecule has 5 rings (SSSR count). The Bertz CT molecular complexity index is 1200. The monoisotopic (exact) mass is 447 g/mol. The first-order chi connectivity index (χ1) is 15.2. The molecule has 31 heavy (non-hydrogen) atoms. The molecule has 0 bridgehead atoms. The van der Waals surface area contributed by atoms with Crippen molar-refractivity contribution in [1.29, 1.82) is 0 Å². The summed E-state index contributed by atoms with van der Waals surface area (Å²) in [4.78, 5) is 12.2. The molecule has 1 fully saturated rings. The average molecular weight is 448 g/mol. The number of nitrogens with zero attached hydrogens (tertiary/aromatic N) is 3. The third-order valence-corrected chi connectivity index (χ3v) is 6.88. The van der Waals surface area contributed by atoms with Gasteiger partial charge in [0.15, 0.2) is 5.82 Å². The van der Waals surface area contributed by atoms with Crippen molar-refractivity contribution < 1.29 is 0 Å². The summed E-state index contributed by atoms with van der Waals surface area (Å²) in [6.07, 6.45) is 3.45. The van der Waals surface area contributed by atoms with Gasteiger partial charge in [-0.05, 0) is 55.0 Å². The number of hydrogen-bond acceptors (Lipinski definition) is 3. The number of hydrogen-bond donors (Lipinski definition) is 0. The van der Waals surface area contributed by atoms with E-state index >= 15 is 0 Å². The summed E-state index contributed by atoms with van der Waals surface area (Å²) in [5.74, 6) is 2.30. The number of fused-ring (bicyclic) bond motifs is 1. The molecule has 0 aliphatic carbocycles. The topological polar surface area (TPSA) is 29.0 Å². The van der Waals surface area contributed by atoms with Crippen LogP contribution in [-0.2, 0) is 6.42 Å². The molecule has 4 aromatic rings. The highest BCUT2D eigenvalue weighted by atomic mass is 35.5. The van der Waals surface area contributed by atoms with Crippen LogP contribution in [0.15, 0.2) is 72.8 Å². The molecule has 3 nitrogen and oxygen atoms in total. The van der Waals surface area contributed by atoms with Crippen LogP contribution >= 0.6 is 23.2 Å². The zero-order valence-electron chi connectivity index (χ0n) is 17.1. The van der Waals surface area contributed by atoms with Crippen LogP contribution in [0.3, 0.4) is 0 Å². The number of aromatic nitrogens is 2. The number of para-hydroxylation sites is 1. The fourth-order valence-electron chi connectivity index (χ4n) is 4.39. The van der Waals surface area contributed by atoms with Crippen molar-refractivity contribution in [3.05, 3.63) is 88.4 Å². The summed E-state index contributed by atoms with van der Waals surface area (Å²) in [5, 5.41) is 2.08. The van der Waals surface area contributed by atoms with Gasteiger partial charge in [-0.2, -0.15) is 0 Å². The summed E-state index contributed by atoms with van der Waals surface area (Å²) in [6, 6.07) is 24.6. The van der Waals surface area contributed by atoms with E-state index in [0.29, 0.717) is 21.8 Å². The first-order valence-corrected chi connectivity index (χ1v) is 11.4. The molecular formula is C26H23Cl2N3. The smallest absolute Gasteiger partial charge is 0.163 e. The van der Waals surface area contributed by atoms with Gasteiger partial charge in [0.05, 0.1) is 15.6 Å². The Morgan fingerprint density at radius 1 is 0.806 bits per heavy atom. The largest absolute Gasteiger partial charge is 0.356 e. The molecule has 1 aromatic heterocycles. The minimum Gasteiger partial charge on any atom is -0.356 e. The zero-order valence-corrected chi connectivity index (χ0v) is 18.7. The second kappa shape index (κ2) is 8.86. The molecule has 3 aromatic carbocycles. The fraction of sp³-hybridized carbons (Fsp3) is 0.231. The van der Waals surface area contributed by atoms with Gasteiger partial charge in [0, 0.05) is 24.0 Å². The van der Waals surface area contributed by atoms with Gasteiger partial charge < -0.3 is 4.90 Å². The van der Waals surface area contributed by atoms with Gasteiger partial charge in [-0.1, -0.05) is 71.7 Å². The Hall–Kier alpha value is -2.62. The maximum absolute atomic E-state index is 6.49. The van der Waals surface area contributed by atoms with Crippen molar-refractivity contribution in [2.75, 3.05) is 18.0 Å². The number of anilines is 1. The third kappa shape index (κ3) is 4.26. The Morgan fingerprint density at radius 2 is 1.55 bits per heavy atom. The molecule has 0 saturated carbocycles. The Labute approximate surface area is 192 Å². The van der Waals surface area contributed by atoms with E-state index in [4.69, 9.17) is 33.2 Å². The molecule has 0 atom stereocenters. The lowest BCUT2D eigenvalue weighted by molar-refractivity contribution is 0.403. The number of piperidine rings is 1. The third-order valence-electron chi connectivity index (χ3n) is 6.06. The van der Waals surface area contributed by atoms with Crippen molar-refractivity contribution in [3.63, 3.8) is 0 Å². The molecule has 1 saturated heterocycles. The zero-order chi connectivity index (χ0) is 21.2. The van der Waals surface area contributed by atoms with Gasteiger partial charge >= 0.3 is 0 Å². The number of halogens is 2. The van der Waals surface area contributed by atoms with Crippen molar-refractivity contribution >= 4 is 39.9 Å². The lowest BCUT2D eigenvalue weighted by atomic mass is 9.90. The number of rotatable bonds is 4. The molecule has 0 spiro atoms. The van der Waals surface area contributed by atoms with Crippen LogP contribution < -0.4 is 4.90 Å². The first-order valence-electron chi connectivity index (χ1n) is 10.7. The summed E-state index contributed by atoms with van der Waals surface area (Å²) in [6.45, 7) is 1.97. The van der Waals surface area contributed by atoms with Crippen molar-refractivity contribution in [2.45, 2.75) is 19.3 Å². The molecule has 0 unspecified atom stereocenters. The Morgan fingerprint density at radius 3 is 2.35 bits per heavy atom. The second-order valence-corrected chi connectivity index (χ2v) is 8.89. The van der Waals surface area contributed by atoms with Crippen LogP contribution in [0.2, 0.25) is 10.0 Å². The minimum absolute atomic E-state index is 0.493. The van der Waals surface area contributed by atoms with Crippen molar-refractivity contribution in [2.24, 2.45) is 5.92 Å². The van der Waals surface area contributed by atoms with Crippen LogP contribution in [0.25, 0.3) is 22.3 Å². The summed E-state index contributed by atoms with van der Waals surface area (Å²) in [7, 11) is 0. The molecule has 0 radical (unpaired) electrons. The maximum Gasteiger partial charge on any atom is 0.163 e. The average Bonchev–Trinajstić information content (AvgIpc) is 2.81. The van der Waals surface area contributed by atoms with Crippen LogP contribution in [0, 0.1) is 5.92 Å². The van der Waals surface area contributed by atoms with Gasteiger partial charge in [0.2, 0.25) is 0 Å². The predicted molar refractivity (Wildman–Crippen MR) is 130 cm³/mol. The fourth-order valence-corrected chi connectivity index (χ4v) is 4.78. The molecule has 5 heteroatoms. The predicted octanol–water partition coefficient (Wildman–Crippen LogP) is 7.06. The van der Waals surface area contributed by atoms with E-state index < -0.39 is 0 Å². The van der Waals surface area contributed by atoms with Crippen LogP contribution in [0.5, 0.6) is 0 Å². The quantitative estimate of drug-likeness (QED) is 0.335. The lowest BCUT2D eigenvalue weighted by Gasteiger charge is -2.33. The molecule has 156 valence electrons. The summed E-state index contributed by atoms with van der Waals surface area (Å²) >= 11 is 12.7. The molecule has 2 heterocycles. The highest BCUT2D eigenvalue weighted by Crippen LogP contribution is 2.35. The van der Waals surface area contributed by atoms with E-state index in [1.165, 1.54) is 5.56 Å². The molecule has 1 aliphatic rings. The van der Waals surface area contributed by atoms with E-state index in [-0.39, 0.29) is 0 Å². The molecule has 0 N–H and O–H groups in total. The van der Waals surface area contributed by atoms with Crippen LogP contribution in [-0.4, -0.2) is 23.1 Å². The highest BCUT2D eigenvalue weighted by molar-refractivity contribution is 6.43. The molecule has 0 amide bonds. The summed E-state index contributed by atoms with van der Waals surface area (Å²) in [5.41, 5.74) is 3.11. The van der Waals surface area contributed by atoms with Crippen LogP contribution in [0.1, 0.15) is 18.4 Å². The molecule has 1 aliphatic heterocycles. The maximum atomic E-state index is 6.49. The highest BCUT2D eigenvalue weighted by Gasteiger charge is 2.23. The summed E-state index contributed by atoms with van der Waals surface area (Å²) < 4.78 is 0. The van der Waals surface area contributed by atoms with E-state index in [0.717, 1.165) is 54.6 Å². The first kappa shape index (κ1) is 20.3. The van der Waals surface area contributed by atoms with Gasteiger partial charge in [0.25, 0.3) is 0 Å². The lowest BCUT2D eigenvalue weighted by Crippen LogP contribution is -2.35. The Balaban J connectivity index is 1.45. The van der Waals surface area contributed by atoms with E-state index in [2.05, 4.69) is 41.3 Å². The van der Waals surface area contributed by atoms with Gasteiger partial charge in [-0.25, -0.2) is 9.97 Å².